The van der Waals surface area contributed by atoms with Crippen LogP contribution in [0.25, 0.3) is 11.0 Å². The normalized spacial score (nSPS) is 13.3. The maximum atomic E-state index is 9.98. The van der Waals surface area contributed by atoms with Crippen molar-refractivity contribution in [2.75, 3.05) is 0 Å². The number of aromatic amines is 1. The molecule has 1 aromatic carbocycles. The second-order valence-electron chi connectivity index (χ2n) is 6.13. The number of hydrogen-bond acceptors (Lipinski definition) is 2. The van der Waals surface area contributed by atoms with Gasteiger partial charge in [-0.15, -0.1) is 0 Å². The van der Waals surface area contributed by atoms with E-state index < -0.39 is 5.60 Å². The molecule has 0 aliphatic heterocycles. The molecule has 0 atom stereocenters. The fourth-order valence-electron chi connectivity index (χ4n) is 1.75. The molecule has 2 N–H and O–H groups in total. The smallest absolute Gasteiger partial charge is 0.112 e. The number of imidazole rings is 1. The number of aromatic nitrogens is 2. The quantitative estimate of drug-likeness (QED) is 0.793. The lowest BCUT2D eigenvalue weighted by atomic mass is 9.96. The number of rotatable bonds is 1. The Morgan fingerprint density at radius 2 is 1.76 bits per heavy atom. The molecule has 3 nitrogen and oxygen atoms in total. The van der Waals surface area contributed by atoms with Gasteiger partial charge < -0.3 is 10.1 Å². The molecule has 0 saturated heterocycles. The Morgan fingerprint density at radius 3 is 2.29 bits per heavy atom. The van der Waals surface area contributed by atoms with Crippen LogP contribution in [0.4, 0.5) is 0 Å². The summed E-state index contributed by atoms with van der Waals surface area (Å²) < 4.78 is 0. The molecule has 2 aromatic rings. The van der Waals surface area contributed by atoms with Gasteiger partial charge in [0.2, 0.25) is 0 Å². The first-order valence-corrected chi connectivity index (χ1v) is 5.91. The molecular formula is C14H20N2O. The van der Waals surface area contributed by atoms with Crippen LogP contribution in [0.3, 0.4) is 0 Å². The first-order valence-electron chi connectivity index (χ1n) is 5.91. The Morgan fingerprint density at radius 1 is 1.12 bits per heavy atom. The van der Waals surface area contributed by atoms with Crippen LogP contribution in [-0.4, -0.2) is 15.1 Å². The standard InChI is InChI=1S/C14H20N2O/c1-13(2,3)12-15-10-7-6-9(14(4,5)17)8-11(10)16-12/h6-8,17H,1-5H3,(H,15,16). The van der Waals surface area contributed by atoms with E-state index in [0.717, 1.165) is 22.4 Å². The Bertz CT molecular complexity index is 529. The van der Waals surface area contributed by atoms with Crippen molar-refractivity contribution in [3.05, 3.63) is 29.6 Å². The van der Waals surface area contributed by atoms with Crippen molar-refractivity contribution in [3.63, 3.8) is 0 Å². The lowest BCUT2D eigenvalue weighted by Crippen LogP contribution is -2.15. The first-order chi connectivity index (χ1) is 7.68. The van der Waals surface area contributed by atoms with E-state index in [2.05, 4.69) is 30.7 Å². The van der Waals surface area contributed by atoms with Gasteiger partial charge >= 0.3 is 0 Å². The van der Waals surface area contributed by atoms with Crippen LogP contribution < -0.4 is 0 Å². The summed E-state index contributed by atoms with van der Waals surface area (Å²) in [4.78, 5) is 7.90. The van der Waals surface area contributed by atoms with Gasteiger partial charge in [0.1, 0.15) is 5.82 Å². The van der Waals surface area contributed by atoms with Gasteiger partial charge in [-0.25, -0.2) is 4.98 Å². The zero-order valence-corrected chi connectivity index (χ0v) is 11.1. The zero-order chi connectivity index (χ0) is 12.8. The molecule has 0 unspecified atom stereocenters. The van der Waals surface area contributed by atoms with Crippen LogP contribution >= 0.6 is 0 Å². The van der Waals surface area contributed by atoms with E-state index in [9.17, 15) is 5.11 Å². The highest BCUT2D eigenvalue weighted by Crippen LogP contribution is 2.26. The van der Waals surface area contributed by atoms with Crippen molar-refractivity contribution in [1.29, 1.82) is 0 Å². The minimum Gasteiger partial charge on any atom is -0.386 e. The third-order valence-electron chi connectivity index (χ3n) is 2.90. The zero-order valence-electron chi connectivity index (χ0n) is 11.1. The molecule has 0 aliphatic carbocycles. The lowest BCUT2D eigenvalue weighted by Gasteiger charge is -2.17. The highest BCUT2D eigenvalue weighted by Gasteiger charge is 2.20. The summed E-state index contributed by atoms with van der Waals surface area (Å²) in [6.45, 7) is 9.95. The molecule has 17 heavy (non-hydrogen) atoms. The Hall–Kier alpha value is -1.35. The molecule has 3 heteroatoms. The predicted octanol–water partition coefficient (Wildman–Crippen LogP) is 3.09. The fraction of sp³-hybridized carbons (Fsp3) is 0.500. The van der Waals surface area contributed by atoms with Crippen molar-refractivity contribution in [3.8, 4) is 0 Å². The average molecular weight is 232 g/mol. The number of benzene rings is 1. The maximum Gasteiger partial charge on any atom is 0.112 e. The molecule has 0 fully saturated rings. The topological polar surface area (TPSA) is 48.9 Å². The summed E-state index contributed by atoms with van der Waals surface area (Å²) in [6, 6.07) is 5.85. The molecule has 0 spiro atoms. The van der Waals surface area contributed by atoms with E-state index >= 15 is 0 Å². The molecule has 1 aromatic heterocycles. The molecule has 0 saturated carbocycles. The summed E-state index contributed by atoms with van der Waals surface area (Å²) in [5.74, 6) is 0.973. The summed E-state index contributed by atoms with van der Waals surface area (Å²) in [5.41, 5.74) is 2.02. The van der Waals surface area contributed by atoms with E-state index in [1.165, 1.54) is 0 Å². The van der Waals surface area contributed by atoms with Crippen molar-refractivity contribution >= 4 is 11.0 Å². The summed E-state index contributed by atoms with van der Waals surface area (Å²) in [7, 11) is 0. The van der Waals surface area contributed by atoms with Crippen molar-refractivity contribution in [2.24, 2.45) is 0 Å². The monoisotopic (exact) mass is 232 g/mol. The number of aliphatic hydroxyl groups is 1. The third-order valence-corrected chi connectivity index (χ3v) is 2.90. The Kier molecular flexibility index (Phi) is 2.54. The van der Waals surface area contributed by atoms with Crippen molar-refractivity contribution in [2.45, 2.75) is 45.6 Å². The number of hydrogen-bond donors (Lipinski definition) is 2. The van der Waals surface area contributed by atoms with E-state index in [0.29, 0.717) is 0 Å². The Labute approximate surface area is 102 Å². The molecule has 0 amide bonds. The predicted molar refractivity (Wildman–Crippen MR) is 70.0 cm³/mol. The summed E-state index contributed by atoms with van der Waals surface area (Å²) in [5, 5.41) is 9.98. The van der Waals surface area contributed by atoms with Crippen molar-refractivity contribution < 1.29 is 5.11 Å². The Balaban J connectivity index is 2.56. The van der Waals surface area contributed by atoms with Crippen LogP contribution in [0.15, 0.2) is 18.2 Å². The molecule has 0 aliphatic rings. The van der Waals surface area contributed by atoms with Gasteiger partial charge in [0, 0.05) is 5.41 Å². The highest BCUT2D eigenvalue weighted by atomic mass is 16.3. The fourth-order valence-corrected chi connectivity index (χ4v) is 1.75. The highest BCUT2D eigenvalue weighted by molar-refractivity contribution is 5.76. The van der Waals surface area contributed by atoms with Gasteiger partial charge in [-0.05, 0) is 31.5 Å². The average Bonchev–Trinajstić information content (AvgIpc) is 2.57. The molecule has 2 rings (SSSR count). The SMILES string of the molecule is CC(C)(C)c1nc2ccc(C(C)(C)O)cc2[nH]1. The van der Waals surface area contributed by atoms with E-state index in [1.807, 2.05) is 18.2 Å². The summed E-state index contributed by atoms with van der Waals surface area (Å²) >= 11 is 0. The maximum absolute atomic E-state index is 9.98. The van der Waals surface area contributed by atoms with Crippen LogP contribution in [0, 0.1) is 0 Å². The van der Waals surface area contributed by atoms with Gasteiger partial charge in [0.05, 0.1) is 16.6 Å². The van der Waals surface area contributed by atoms with Crippen LogP contribution in [0.5, 0.6) is 0 Å². The molecule has 92 valence electrons. The van der Waals surface area contributed by atoms with E-state index in [-0.39, 0.29) is 5.41 Å². The van der Waals surface area contributed by atoms with Crippen LogP contribution in [0.2, 0.25) is 0 Å². The van der Waals surface area contributed by atoms with Crippen LogP contribution in [-0.2, 0) is 11.0 Å². The summed E-state index contributed by atoms with van der Waals surface area (Å²) in [6.07, 6.45) is 0. The second kappa shape index (κ2) is 3.57. The minimum absolute atomic E-state index is 0.00785. The van der Waals surface area contributed by atoms with Crippen LogP contribution in [0.1, 0.15) is 46.0 Å². The van der Waals surface area contributed by atoms with E-state index in [4.69, 9.17) is 0 Å². The van der Waals surface area contributed by atoms with Gasteiger partial charge in [0.25, 0.3) is 0 Å². The first kappa shape index (κ1) is 12.1. The number of H-pyrrole nitrogens is 1. The molecular weight excluding hydrogens is 212 g/mol. The van der Waals surface area contributed by atoms with Gasteiger partial charge in [-0.3, -0.25) is 0 Å². The number of fused-ring (bicyclic) bond motifs is 1. The molecule has 1 heterocycles. The molecule has 0 radical (unpaired) electrons. The van der Waals surface area contributed by atoms with Gasteiger partial charge in [-0.2, -0.15) is 0 Å². The van der Waals surface area contributed by atoms with Crippen molar-refractivity contribution in [1.82, 2.24) is 9.97 Å². The number of nitrogens with zero attached hydrogens (tertiary/aromatic N) is 1. The number of nitrogens with one attached hydrogen (secondary N) is 1. The minimum atomic E-state index is -0.818. The lowest BCUT2D eigenvalue weighted by molar-refractivity contribution is 0.0787. The van der Waals surface area contributed by atoms with Gasteiger partial charge in [-0.1, -0.05) is 26.8 Å². The third kappa shape index (κ3) is 2.34. The molecule has 0 bridgehead atoms. The largest absolute Gasteiger partial charge is 0.386 e. The van der Waals surface area contributed by atoms with Gasteiger partial charge in [0.15, 0.2) is 0 Å². The van der Waals surface area contributed by atoms with E-state index in [1.54, 1.807) is 13.8 Å². The second-order valence-corrected chi connectivity index (χ2v) is 6.13.